The Morgan fingerprint density at radius 3 is 2.59 bits per heavy atom. The first kappa shape index (κ1) is 14.8. The average molecular weight is 298 g/mol. The van der Waals surface area contributed by atoms with E-state index in [1.807, 2.05) is 28.1 Å². The van der Waals surface area contributed by atoms with E-state index in [9.17, 15) is 4.79 Å². The van der Waals surface area contributed by atoms with Crippen LogP contribution in [-0.4, -0.2) is 38.4 Å². The highest BCUT2D eigenvalue weighted by Crippen LogP contribution is 2.21. The highest BCUT2D eigenvalue weighted by atomic mass is 16.2. The lowest BCUT2D eigenvalue weighted by molar-refractivity contribution is -0.132. The summed E-state index contributed by atoms with van der Waals surface area (Å²) in [6.07, 6.45) is 13.0. The zero-order chi connectivity index (χ0) is 15.2. The van der Waals surface area contributed by atoms with E-state index >= 15 is 0 Å². The van der Waals surface area contributed by atoms with Crippen molar-refractivity contribution in [2.45, 2.75) is 32.2 Å². The third kappa shape index (κ3) is 3.93. The van der Waals surface area contributed by atoms with Crippen LogP contribution < -0.4 is 0 Å². The van der Waals surface area contributed by atoms with Gasteiger partial charge >= 0.3 is 0 Å². The minimum absolute atomic E-state index is 0.260. The number of aryl methyl sites for hydroxylation is 1. The van der Waals surface area contributed by atoms with Crippen LogP contribution in [0.1, 0.15) is 24.8 Å². The fourth-order valence-corrected chi connectivity index (χ4v) is 3.04. The molecule has 2 aromatic rings. The SMILES string of the molecule is O=C(CCn1ccnc1)N1CCC(Cc2ccncc2)CC1. The van der Waals surface area contributed by atoms with Crippen molar-refractivity contribution in [3.05, 3.63) is 48.8 Å². The van der Waals surface area contributed by atoms with Gasteiger partial charge in [0.2, 0.25) is 5.91 Å². The van der Waals surface area contributed by atoms with Gasteiger partial charge < -0.3 is 9.47 Å². The molecule has 116 valence electrons. The van der Waals surface area contributed by atoms with Crippen LogP contribution in [-0.2, 0) is 17.8 Å². The van der Waals surface area contributed by atoms with Crippen LogP contribution in [0.15, 0.2) is 43.2 Å². The van der Waals surface area contributed by atoms with E-state index in [1.54, 1.807) is 12.5 Å². The second kappa shape index (κ2) is 7.20. The van der Waals surface area contributed by atoms with Crippen LogP contribution in [0, 0.1) is 5.92 Å². The lowest BCUT2D eigenvalue weighted by Gasteiger charge is -2.32. The molecule has 1 amide bonds. The maximum Gasteiger partial charge on any atom is 0.224 e. The van der Waals surface area contributed by atoms with E-state index in [2.05, 4.69) is 22.1 Å². The van der Waals surface area contributed by atoms with Gasteiger partial charge in [-0.2, -0.15) is 0 Å². The molecule has 5 heteroatoms. The summed E-state index contributed by atoms with van der Waals surface area (Å²) in [5, 5.41) is 0. The third-order valence-corrected chi connectivity index (χ3v) is 4.38. The second-order valence-corrected chi connectivity index (χ2v) is 5.93. The molecule has 1 saturated heterocycles. The normalized spacial score (nSPS) is 15.9. The fraction of sp³-hybridized carbons (Fsp3) is 0.471. The maximum absolute atomic E-state index is 12.2. The van der Waals surface area contributed by atoms with E-state index in [-0.39, 0.29) is 5.91 Å². The number of carbonyl (C=O) groups is 1. The Morgan fingerprint density at radius 2 is 1.91 bits per heavy atom. The first-order chi connectivity index (χ1) is 10.8. The van der Waals surface area contributed by atoms with Crippen LogP contribution in [0.3, 0.4) is 0 Å². The van der Waals surface area contributed by atoms with E-state index in [4.69, 9.17) is 0 Å². The molecular weight excluding hydrogens is 276 g/mol. The molecule has 1 aliphatic heterocycles. The number of nitrogens with zero attached hydrogens (tertiary/aromatic N) is 4. The summed E-state index contributed by atoms with van der Waals surface area (Å²) in [7, 11) is 0. The summed E-state index contributed by atoms with van der Waals surface area (Å²) in [5.41, 5.74) is 1.35. The van der Waals surface area contributed by atoms with Gasteiger partial charge in [-0.25, -0.2) is 4.98 Å². The number of imidazole rings is 1. The molecule has 2 aromatic heterocycles. The summed E-state index contributed by atoms with van der Waals surface area (Å²) >= 11 is 0. The molecule has 1 fully saturated rings. The first-order valence-electron chi connectivity index (χ1n) is 7.93. The number of carbonyl (C=O) groups excluding carboxylic acids is 1. The molecule has 5 nitrogen and oxygen atoms in total. The predicted octanol–water partition coefficient (Wildman–Crippen LogP) is 2.15. The number of aromatic nitrogens is 3. The van der Waals surface area contributed by atoms with Gasteiger partial charge in [-0.05, 0) is 42.9 Å². The van der Waals surface area contributed by atoms with Gasteiger partial charge in [-0.3, -0.25) is 9.78 Å². The topological polar surface area (TPSA) is 51.0 Å². The van der Waals surface area contributed by atoms with Crippen LogP contribution in [0.5, 0.6) is 0 Å². The number of pyridine rings is 1. The monoisotopic (exact) mass is 298 g/mol. The van der Waals surface area contributed by atoms with Crippen LogP contribution in [0.25, 0.3) is 0 Å². The van der Waals surface area contributed by atoms with Crippen molar-refractivity contribution in [3.63, 3.8) is 0 Å². The number of rotatable bonds is 5. The van der Waals surface area contributed by atoms with Crippen molar-refractivity contribution in [2.75, 3.05) is 13.1 Å². The molecule has 0 saturated carbocycles. The van der Waals surface area contributed by atoms with Crippen LogP contribution in [0.2, 0.25) is 0 Å². The third-order valence-electron chi connectivity index (χ3n) is 4.38. The van der Waals surface area contributed by atoms with Crippen molar-refractivity contribution in [3.8, 4) is 0 Å². The maximum atomic E-state index is 12.2. The second-order valence-electron chi connectivity index (χ2n) is 5.93. The van der Waals surface area contributed by atoms with Crippen molar-refractivity contribution in [1.29, 1.82) is 0 Å². The number of piperidine rings is 1. The minimum Gasteiger partial charge on any atom is -0.343 e. The van der Waals surface area contributed by atoms with E-state index in [0.29, 0.717) is 12.3 Å². The van der Waals surface area contributed by atoms with E-state index < -0.39 is 0 Å². The van der Waals surface area contributed by atoms with Gasteiger partial charge in [0, 0.05) is 50.8 Å². The van der Waals surface area contributed by atoms with Gasteiger partial charge in [0.15, 0.2) is 0 Å². The van der Waals surface area contributed by atoms with Gasteiger partial charge in [-0.15, -0.1) is 0 Å². The molecule has 1 aliphatic rings. The lowest BCUT2D eigenvalue weighted by Crippen LogP contribution is -2.39. The largest absolute Gasteiger partial charge is 0.343 e. The fourth-order valence-electron chi connectivity index (χ4n) is 3.04. The standard InChI is InChI=1S/C17H22N4O/c22-17(5-9-20-12-8-19-14-20)21-10-3-16(4-11-21)13-15-1-6-18-7-2-15/h1-2,6-8,12,14,16H,3-5,9-11,13H2. The average Bonchev–Trinajstić information content (AvgIpc) is 3.08. The zero-order valence-electron chi connectivity index (χ0n) is 12.8. The molecular formula is C17H22N4O. The Bertz CT molecular complexity index is 574. The van der Waals surface area contributed by atoms with Gasteiger partial charge in [0.05, 0.1) is 6.33 Å². The number of amides is 1. The summed E-state index contributed by atoms with van der Waals surface area (Å²) in [5.74, 6) is 0.941. The smallest absolute Gasteiger partial charge is 0.224 e. The Morgan fingerprint density at radius 1 is 1.14 bits per heavy atom. The Labute approximate surface area is 131 Å². The number of hydrogen-bond donors (Lipinski definition) is 0. The van der Waals surface area contributed by atoms with Gasteiger partial charge in [0.25, 0.3) is 0 Å². The molecule has 22 heavy (non-hydrogen) atoms. The van der Waals surface area contributed by atoms with Crippen molar-refractivity contribution < 1.29 is 4.79 Å². The molecule has 0 aromatic carbocycles. The Kier molecular flexibility index (Phi) is 4.83. The van der Waals surface area contributed by atoms with E-state index in [1.165, 1.54) is 5.56 Å². The molecule has 0 aliphatic carbocycles. The number of hydrogen-bond acceptors (Lipinski definition) is 3. The lowest BCUT2D eigenvalue weighted by atomic mass is 9.90. The highest BCUT2D eigenvalue weighted by Gasteiger charge is 2.22. The summed E-state index contributed by atoms with van der Waals surface area (Å²) in [6, 6.07) is 4.17. The molecule has 0 spiro atoms. The van der Waals surface area contributed by atoms with Crippen molar-refractivity contribution in [2.24, 2.45) is 5.92 Å². The summed E-state index contributed by atoms with van der Waals surface area (Å²) in [4.78, 5) is 22.3. The minimum atomic E-state index is 0.260. The molecule has 0 atom stereocenters. The first-order valence-corrected chi connectivity index (χ1v) is 7.93. The van der Waals surface area contributed by atoms with Crippen molar-refractivity contribution >= 4 is 5.91 Å². The molecule has 0 unspecified atom stereocenters. The van der Waals surface area contributed by atoms with Gasteiger partial charge in [-0.1, -0.05) is 0 Å². The Balaban J connectivity index is 1.42. The number of likely N-dealkylation sites (tertiary alicyclic amines) is 1. The van der Waals surface area contributed by atoms with Crippen molar-refractivity contribution in [1.82, 2.24) is 19.4 Å². The van der Waals surface area contributed by atoms with Crippen LogP contribution >= 0.6 is 0 Å². The van der Waals surface area contributed by atoms with Crippen LogP contribution in [0.4, 0.5) is 0 Å². The van der Waals surface area contributed by atoms with Gasteiger partial charge in [0.1, 0.15) is 0 Å². The summed E-state index contributed by atoms with van der Waals surface area (Å²) < 4.78 is 1.95. The molecule has 0 bridgehead atoms. The zero-order valence-corrected chi connectivity index (χ0v) is 12.8. The molecule has 0 radical (unpaired) electrons. The predicted molar refractivity (Wildman–Crippen MR) is 84.1 cm³/mol. The van der Waals surface area contributed by atoms with E-state index in [0.717, 1.165) is 38.9 Å². The summed E-state index contributed by atoms with van der Waals surface area (Å²) in [6.45, 7) is 2.49. The quantitative estimate of drug-likeness (QED) is 0.850. The molecule has 3 heterocycles. The molecule has 3 rings (SSSR count). The Hall–Kier alpha value is -2.17. The highest BCUT2D eigenvalue weighted by molar-refractivity contribution is 5.76. The molecule has 0 N–H and O–H groups in total.